The van der Waals surface area contributed by atoms with E-state index >= 15 is 0 Å². The fourth-order valence-electron chi connectivity index (χ4n) is 2.34. The molecule has 0 spiro atoms. The fraction of sp³-hybridized carbons (Fsp3) is 0.294. The summed E-state index contributed by atoms with van der Waals surface area (Å²) < 4.78 is 32.4. The van der Waals surface area contributed by atoms with Gasteiger partial charge in [0.25, 0.3) is 0 Å². The lowest BCUT2D eigenvalue weighted by atomic mass is 9.97. The van der Waals surface area contributed by atoms with Gasteiger partial charge in [0.15, 0.2) is 0 Å². The molecule has 2 aromatic carbocycles. The summed E-state index contributed by atoms with van der Waals surface area (Å²) in [6.45, 7) is 2.78. The Morgan fingerprint density at radius 2 is 1.76 bits per heavy atom. The molecule has 1 N–H and O–H groups in total. The number of para-hydroxylation sites is 1. The third kappa shape index (κ3) is 3.79. The number of benzene rings is 2. The second-order valence-corrected chi connectivity index (χ2v) is 4.83. The molecule has 1 atom stereocenters. The first kappa shape index (κ1) is 15.4. The average molecular weight is 291 g/mol. The van der Waals surface area contributed by atoms with Crippen molar-refractivity contribution in [1.29, 1.82) is 0 Å². The van der Waals surface area contributed by atoms with E-state index in [0.29, 0.717) is 11.3 Å². The van der Waals surface area contributed by atoms with Crippen LogP contribution in [0.1, 0.15) is 30.5 Å². The van der Waals surface area contributed by atoms with Crippen molar-refractivity contribution >= 4 is 0 Å². The summed E-state index contributed by atoms with van der Waals surface area (Å²) in [6, 6.07) is 10.8. The second-order valence-electron chi connectivity index (χ2n) is 4.83. The molecule has 0 fully saturated rings. The molecule has 0 bridgehead atoms. The third-order valence-corrected chi connectivity index (χ3v) is 3.27. The van der Waals surface area contributed by atoms with Crippen LogP contribution >= 0.6 is 0 Å². The number of rotatable bonds is 6. The zero-order valence-electron chi connectivity index (χ0n) is 12.2. The molecule has 1 unspecified atom stereocenters. The van der Waals surface area contributed by atoms with Crippen LogP contribution in [-0.4, -0.2) is 13.7 Å². The molecule has 0 aromatic heterocycles. The van der Waals surface area contributed by atoms with Crippen LogP contribution in [0.5, 0.6) is 5.75 Å². The quantitative estimate of drug-likeness (QED) is 0.866. The second kappa shape index (κ2) is 7.18. The van der Waals surface area contributed by atoms with Crippen molar-refractivity contribution in [1.82, 2.24) is 5.32 Å². The van der Waals surface area contributed by atoms with E-state index in [1.165, 1.54) is 12.1 Å². The van der Waals surface area contributed by atoms with Gasteiger partial charge in [0.1, 0.15) is 17.4 Å². The maximum absolute atomic E-state index is 13.5. The number of hydrogen-bond acceptors (Lipinski definition) is 2. The van der Waals surface area contributed by atoms with Crippen molar-refractivity contribution in [2.45, 2.75) is 19.4 Å². The number of methoxy groups -OCH3 is 1. The summed E-state index contributed by atoms with van der Waals surface area (Å²) in [7, 11) is 1.59. The zero-order chi connectivity index (χ0) is 15.2. The van der Waals surface area contributed by atoms with Crippen LogP contribution in [0, 0.1) is 11.6 Å². The molecular formula is C17H19F2NO. The maximum atomic E-state index is 13.5. The van der Waals surface area contributed by atoms with Gasteiger partial charge in [-0.05, 0) is 36.7 Å². The molecule has 2 aromatic rings. The normalized spacial score (nSPS) is 12.2. The van der Waals surface area contributed by atoms with Crippen LogP contribution in [0.25, 0.3) is 0 Å². The molecule has 2 nitrogen and oxygen atoms in total. The summed E-state index contributed by atoms with van der Waals surface area (Å²) in [4.78, 5) is 0. The number of nitrogens with one attached hydrogen (secondary N) is 1. The van der Waals surface area contributed by atoms with Crippen LogP contribution < -0.4 is 10.1 Å². The molecule has 0 saturated carbocycles. The Labute approximate surface area is 123 Å². The Hall–Kier alpha value is -1.94. The highest BCUT2D eigenvalue weighted by atomic mass is 19.1. The standard InChI is InChI=1S/C17H19F2NO/c1-3-8-20-17(12-9-13(18)11-14(19)10-12)15-6-4-5-7-16(15)21-2/h4-7,9-11,17,20H,3,8H2,1-2H3. The summed E-state index contributed by atoms with van der Waals surface area (Å²) in [5.41, 5.74) is 1.41. The van der Waals surface area contributed by atoms with Crippen LogP contribution in [0.4, 0.5) is 8.78 Å². The SMILES string of the molecule is CCCNC(c1cc(F)cc(F)c1)c1ccccc1OC. The van der Waals surface area contributed by atoms with Crippen LogP contribution in [-0.2, 0) is 0 Å². The van der Waals surface area contributed by atoms with Gasteiger partial charge in [0.2, 0.25) is 0 Å². The molecule has 21 heavy (non-hydrogen) atoms. The molecule has 0 radical (unpaired) electrons. The van der Waals surface area contributed by atoms with Crippen molar-refractivity contribution in [2.24, 2.45) is 0 Å². The fourth-order valence-corrected chi connectivity index (χ4v) is 2.34. The van der Waals surface area contributed by atoms with E-state index in [0.717, 1.165) is 24.6 Å². The number of halogens is 2. The highest BCUT2D eigenvalue weighted by Crippen LogP contribution is 2.30. The highest BCUT2D eigenvalue weighted by Gasteiger charge is 2.18. The highest BCUT2D eigenvalue weighted by molar-refractivity contribution is 5.41. The van der Waals surface area contributed by atoms with Crippen molar-refractivity contribution in [3.8, 4) is 5.75 Å². The Bertz CT molecular complexity index is 581. The molecular weight excluding hydrogens is 272 g/mol. The van der Waals surface area contributed by atoms with Crippen molar-refractivity contribution < 1.29 is 13.5 Å². The Morgan fingerprint density at radius 3 is 2.38 bits per heavy atom. The minimum atomic E-state index is -0.580. The summed E-state index contributed by atoms with van der Waals surface area (Å²) >= 11 is 0. The largest absolute Gasteiger partial charge is 0.496 e. The Morgan fingerprint density at radius 1 is 1.10 bits per heavy atom. The summed E-state index contributed by atoms with van der Waals surface area (Å²) in [5, 5.41) is 3.32. The number of hydrogen-bond donors (Lipinski definition) is 1. The van der Waals surface area contributed by atoms with E-state index < -0.39 is 11.6 Å². The minimum Gasteiger partial charge on any atom is -0.496 e. The van der Waals surface area contributed by atoms with Gasteiger partial charge in [-0.1, -0.05) is 25.1 Å². The molecule has 0 saturated heterocycles. The van der Waals surface area contributed by atoms with Crippen molar-refractivity contribution in [3.05, 3.63) is 65.2 Å². The van der Waals surface area contributed by atoms with E-state index in [9.17, 15) is 8.78 Å². The van der Waals surface area contributed by atoms with E-state index in [-0.39, 0.29) is 6.04 Å². The Kier molecular flexibility index (Phi) is 5.28. The van der Waals surface area contributed by atoms with Crippen molar-refractivity contribution in [3.63, 3.8) is 0 Å². The lowest BCUT2D eigenvalue weighted by Crippen LogP contribution is -2.24. The molecule has 4 heteroatoms. The minimum absolute atomic E-state index is 0.314. The molecule has 2 rings (SSSR count). The smallest absolute Gasteiger partial charge is 0.126 e. The Balaban J connectivity index is 2.46. The zero-order valence-corrected chi connectivity index (χ0v) is 12.2. The monoisotopic (exact) mass is 291 g/mol. The van der Waals surface area contributed by atoms with Gasteiger partial charge in [-0.25, -0.2) is 8.78 Å². The third-order valence-electron chi connectivity index (χ3n) is 3.27. The van der Waals surface area contributed by atoms with Crippen LogP contribution in [0.15, 0.2) is 42.5 Å². The topological polar surface area (TPSA) is 21.3 Å². The first-order valence-corrected chi connectivity index (χ1v) is 6.98. The molecule has 0 amide bonds. The van der Waals surface area contributed by atoms with Gasteiger partial charge < -0.3 is 10.1 Å². The van der Waals surface area contributed by atoms with Gasteiger partial charge in [-0.2, -0.15) is 0 Å². The van der Waals surface area contributed by atoms with Crippen LogP contribution in [0.3, 0.4) is 0 Å². The summed E-state index contributed by atoms with van der Waals surface area (Å²) in [5.74, 6) is -0.470. The van der Waals surface area contributed by atoms with Crippen molar-refractivity contribution in [2.75, 3.05) is 13.7 Å². The first-order chi connectivity index (χ1) is 10.2. The van der Waals surface area contributed by atoms with Gasteiger partial charge in [-0.15, -0.1) is 0 Å². The van der Waals surface area contributed by atoms with Gasteiger partial charge >= 0.3 is 0 Å². The van der Waals surface area contributed by atoms with E-state index in [1.807, 2.05) is 31.2 Å². The van der Waals surface area contributed by atoms with E-state index in [2.05, 4.69) is 5.32 Å². The predicted molar refractivity (Wildman–Crippen MR) is 79.5 cm³/mol. The van der Waals surface area contributed by atoms with Gasteiger partial charge in [0, 0.05) is 11.6 Å². The number of ether oxygens (including phenoxy) is 1. The molecule has 112 valence electrons. The van der Waals surface area contributed by atoms with E-state index in [4.69, 9.17) is 4.74 Å². The van der Waals surface area contributed by atoms with Crippen LogP contribution in [0.2, 0.25) is 0 Å². The van der Waals surface area contributed by atoms with E-state index in [1.54, 1.807) is 7.11 Å². The lowest BCUT2D eigenvalue weighted by Gasteiger charge is -2.22. The van der Waals surface area contributed by atoms with Gasteiger partial charge in [-0.3, -0.25) is 0 Å². The van der Waals surface area contributed by atoms with Gasteiger partial charge in [0.05, 0.1) is 13.2 Å². The molecule has 0 aliphatic rings. The molecule has 0 aliphatic heterocycles. The molecule has 0 aliphatic carbocycles. The summed E-state index contributed by atoms with van der Waals surface area (Å²) in [6.07, 6.45) is 0.920. The molecule has 0 heterocycles. The average Bonchev–Trinajstić information content (AvgIpc) is 2.47. The predicted octanol–water partition coefficient (Wildman–Crippen LogP) is 4.06. The first-order valence-electron chi connectivity index (χ1n) is 6.98. The lowest BCUT2D eigenvalue weighted by molar-refractivity contribution is 0.403. The maximum Gasteiger partial charge on any atom is 0.126 e.